The zero-order chi connectivity index (χ0) is 14.2. The third-order valence-electron chi connectivity index (χ3n) is 3.12. The number of esters is 1. The molecule has 0 N–H and O–H groups in total. The molecule has 0 atom stereocenters. The molecule has 0 saturated carbocycles. The van der Waals surface area contributed by atoms with E-state index in [1.807, 2.05) is 0 Å². The molecule has 2 nitrogen and oxygen atoms in total. The van der Waals surface area contributed by atoms with Crippen LogP contribution in [0, 0.1) is 11.8 Å². The maximum atomic E-state index is 10.9. The van der Waals surface area contributed by atoms with E-state index in [0.29, 0.717) is 6.61 Å². The molecule has 0 aliphatic carbocycles. The number of ether oxygens (including phenoxy) is 1. The van der Waals surface area contributed by atoms with Gasteiger partial charge in [-0.2, -0.15) is 0 Å². The number of carbonyl (C=O) groups excluding carboxylic acids is 1. The molecule has 0 aliphatic heterocycles. The Hall–Kier alpha value is -0.970. The summed E-state index contributed by atoms with van der Waals surface area (Å²) >= 11 is 0. The van der Waals surface area contributed by atoms with Gasteiger partial charge < -0.3 is 4.74 Å². The maximum Gasteiger partial charge on any atom is 0.384 e. The first-order chi connectivity index (χ1) is 9.31. The van der Waals surface area contributed by atoms with Crippen molar-refractivity contribution in [1.82, 2.24) is 0 Å². The minimum absolute atomic E-state index is 0.394. The first kappa shape index (κ1) is 18.0. The van der Waals surface area contributed by atoms with Gasteiger partial charge in [0.15, 0.2) is 0 Å². The van der Waals surface area contributed by atoms with Crippen LogP contribution in [0.2, 0.25) is 0 Å². The van der Waals surface area contributed by atoms with Gasteiger partial charge in [-0.3, -0.25) is 0 Å². The lowest BCUT2D eigenvalue weighted by atomic mass is 10.1. The summed E-state index contributed by atoms with van der Waals surface area (Å²) in [7, 11) is 0. The lowest BCUT2D eigenvalue weighted by Crippen LogP contribution is -1.99. The Morgan fingerprint density at radius 3 is 1.89 bits per heavy atom. The van der Waals surface area contributed by atoms with E-state index in [9.17, 15) is 4.79 Å². The van der Waals surface area contributed by atoms with E-state index < -0.39 is 5.97 Å². The van der Waals surface area contributed by atoms with Crippen molar-refractivity contribution in [3.8, 4) is 11.8 Å². The summed E-state index contributed by atoms with van der Waals surface area (Å²) in [6, 6.07) is 0. The van der Waals surface area contributed by atoms with Crippen molar-refractivity contribution < 1.29 is 9.53 Å². The summed E-state index contributed by atoms with van der Waals surface area (Å²) in [5, 5.41) is 0. The Morgan fingerprint density at radius 1 is 0.842 bits per heavy atom. The van der Waals surface area contributed by atoms with Gasteiger partial charge in [0.05, 0.1) is 6.61 Å². The molecule has 0 aromatic heterocycles. The van der Waals surface area contributed by atoms with Crippen LogP contribution in [0.1, 0.15) is 84.5 Å². The molecule has 19 heavy (non-hydrogen) atoms. The third-order valence-corrected chi connectivity index (χ3v) is 3.12. The summed E-state index contributed by atoms with van der Waals surface area (Å²) < 4.78 is 4.73. The lowest BCUT2D eigenvalue weighted by Gasteiger charge is -2.00. The number of unbranched alkanes of at least 4 members (excludes halogenated alkanes) is 10. The van der Waals surface area contributed by atoms with Crippen molar-refractivity contribution >= 4 is 5.97 Å². The number of rotatable bonds is 11. The van der Waals surface area contributed by atoms with Gasteiger partial charge in [-0.25, -0.2) is 4.79 Å². The molecule has 0 unspecified atom stereocenters. The summed E-state index contributed by atoms with van der Waals surface area (Å²) in [6.45, 7) is 4.46. The number of hydrogen-bond donors (Lipinski definition) is 0. The lowest BCUT2D eigenvalue weighted by molar-refractivity contribution is -0.136. The van der Waals surface area contributed by atoms with Crippen molar-refractivity contribution in [2.24, 2.45) is 0 Å². The molecule has 0 bridgehead atoms. The molecule has 0 fully saturated rings. The largest absolute Gasteiger partial charge is 0.456 e. The normalized spacial score (nSPS) is 9.79. The van der Waals surface area contributed by atoms with Crippen LogP contribution >= 0.6 is 0 Å². The first-order valence-corrected chi connectivity index (χ1v) is 7.96. The van der Waals surface area contributed by atoms with E-state index in [1.165, 1.54) is 57.8 Å². The molecule has 0 spiro atoms. The fourth-order valence-corrected chi connectivity index (χ4v) is 2.00. The van der Waals surface area contributed by atoms with Crippen LogP contribution in [0.4, 0.5) is 0 Å². The first-order valence-electron chi connectivity index (χ1n) is 7.96. The predicted molar refractivity (Wildman–Crippen MR) is 80.9 cm³/mol. The Balaban J connectivity index is 3.16. The molecule has 0 radical (unpaired) electrons. The average molecular weight is 266 g/mol. The highest BCUT2D eigenvalue weighted by molar-refractivity contribution is 5.88. The summed E-state index contributed by atoms with van der Waals surface area (Å²) in [5.41, 5.74) is 0. The van der Waals surface area contributed by atoms with Gasteiger partial charge in [-0.1, -0.05) is 70.6 Å². The molecule has 0 rings (SSSR count). The van der Waals surface area contributed by atoms with Crippen LogP contribution in [0.3, 0.4) is 0 Å². The highest BCUT2D eigenvalue weighted by atomic mass is 16.5. The second-order valence-corrected chi connectivity index (χ2v) is 4.95. The maximum absolute atomic E-state index is 10.9. The van der Waals surface area contributed by atoms with E-state index in [2.05, 4.69) is 18.8 Å². The van der Waals surface area contributed by atoms with E-state index >= 15 is 0 Å². The minimum atomic E-state index is -0.394. The van der Waals surface area contributed by atoms with E-state index in [0.717, 1.165) is 12.8 Å². The zero-order valence-electron chi connectivity index (χ0n) is 12.8. The monoisotopic (exact) mass is 266 g/mol. The highest BCUT2D eigenvalue weighted by Crippen LogP contribution is 2.10. The van der Waals surface area contributed by atoms with Gasteiger partial charge in [0.1, 0.15) is 0 Å². The van der Waals surface area contributed by atoms with Gasteiger partial charge in [0, 0.05) is 12.3 Å². The number of hydrogen-bond acceptors (Lipinski definition) is 2. The standard InChI is InChI=1S/C17H30O2/c1-3-5-6-7-8-9-10-11-12-13-14-15-16-17(18)19-4-2/h3-14H2,1-2H3. The van der Waals surface area contributed by atoms with Crippen molar-refractivity contribution in [2.75, 3.05) is 6.61 Å². The molecule has 0 heterocycles. The van der Waals surface area contributed by atoms with Gasteiger partial charge >= 0.3 is 5.97 Å². The molecule has 0 aromatic rings. The van der Waals surface area contributed by atoms with Gasteiger partial charge in [-0.15, -0.1) is 0 Å². The zero-order valence-corrected chi connectivity index (χ0v) is 12.8. The fraction of sp³-hybridized carbons (Fsp3) is 0.824. The Kier molecular flexibility index (Phi) is 14.3. The van der Waals surface area contributed by atoms with Crippen molar-refractivity contribution in [2.45, 2.75) is 84.5 Å². The van der Waals surface area contributed by atoms with Crippen molar-refractivity contribution in [1.29, 1.82) is 0 Å². The molecular formula is C17H30O2. The Labute approximate surface area is 119 Å². The fourth-order valence-electron chi connectivity index (χ4n) is 2.00. The molecule has 0 aromatic carbocycles. The van der Waals surface area contributed by atoms with Crippen LogP contribution in [-0.4, -0.2) is 12.6 Å². The second-order valence-electron chi connectivity index (χ2n) is 4.95. The Morgan fingerprint density at radius 2 is 1.37 bits per heavy atom. The molecule has 110 valence electrons. The molecule has 0 aliphatic rings. The van der Waals surface area contributed by atoms with E-state index in [-0.39, 0.29) is 0 Å². The van der Waals surface area contributed by atoms with E-state index in [4.69, 9.17) is 4.74 Å². The van der Waals surface area contributed by atoms with E-state index in [1.54, 1.807) is 6.92 Å². The topological polar surface area (TPSA) is 26.3 Å². The van der Waals surface area contributed by atoms with Crippen LogP contribution in [-0.2, 0) is 9.53 Å². The van der Waals surface area contributed by atoms with Gasteiger partial charge in [0.2, 0.25) is 0 Å². The highest BCUT2D eigenvalue weighted by Gasteiger charge is 1.93. The molecular weight excluding hydrogens is 236 g/mol. The minimum Gasteiger partial charge on any atom is -0.456 e. The number of carbonyl (C=O) groups is 1. The molecule has 2 heteroatoms. The predicted octanol–water partition coefficient (Wildman–Crippen LogP) is 4.86. The van der Waals surface area contributed by atoms with Gasteiger partial charge in [0.25, 0.3) is 0 Å². The van der Waals surface area contributed by atoms with Crippen LogP contribution in [0.15, 0.2) is 0 Å². The third kappa shape index (κ3) is 15.0. The molecule has 0 saturated heterocycles. The second kappa shape index (κ2) is 15.1. The van der Waals surface area contributed by atoms with Crippen LogP contribution in [0.5, 0.6) is 0 Å². The van der Waals surface area contributed by atoms with Gasteiger partial charge in [-0.05, 0) is 13.3 Å². The molecule has 0 amide bonds. The van der Waals surface area contributed by atoms with Crippen molar-refractivity contribution in [3.05, 3.63) is 0 Å². The van der Waals surface area contributed by atoms with Crippen LogP contribution < -0.4 is 0 Å². The summed E-state index contributed by atoms with van der Waals surface area (Å²) in [6.07, 6.45) is 14.1. The average Bonchev–Trinajstić information content (AvgIpc) is 2.40. The quantitative estimate of drug-likeness (QED) is 0.231. The Bertz CT molecular complexity index is 260. The van der Waals surface area contributed by atoms with Crippen LogP contribution in [0.25, 0.3) is 0 Å². The SMILES string of the molecule is CCCCCCCCCCCCC#CC(=O)OCC. The summed E-state index contributed by atoms with van der Waals surface area (Å²) in [5.74, 6) is 4.98. The summed E-state index contributed by atoms with van der Waals surface area (Å²) in [4.78, 5) is 10.9. The van der Waals surface area contributed by atoms with Crippen molar-refractivity contribution in [3.63, 3.8) is 0 Å². The smallest absolute Gasteiger partial charge is 0.384 e.